The molecule has 0 aromatic heterocycles. The van der Waals surface area contributed by atoms with Crippen LogP contribution in [0.25, 0.3) is 0 Å². The molecule has 2 amide bonds. The SMILES string of the molecule is CC(=O)N(CCNC(=O)C(C)C)c1ccccc1C(C)(C)C. The lowest BCUT2D eigenvalue weighted by Gasteiger charge is -2.29. The number of benzene rings is 1. The van der Waals surface area contributed by atoms with E-state index < -0.39 is 0 Å². The van der Waals surface area contributed by atoms with Crippen molar-refractivity contribution in [3.8, 4) is 0 Å². The van der Waals surface area contributed by atoms with Crippen LogP contribution in [0, 0.1) is 5.92 Å². The van der Waals surface area contributed by atoms with Crippen molar-refractivity contribution in [3.63, 3.8) is 0 Å². The molecule has 0 aliphatic rings. The lowest BCUT2D eigenvalue weighted by atomic mass is 9.85. The maximum Gasteiger partial charge on any atom is 0.223 e. The fraction of sp³-hybridized carbons (Fsp3) is 0.556. The zero-order valence-corrected chi connectivity index (χ0v) is 14.6. The van der Waals surface area contributed by atoms with E-state index in [0.29, 0.717) is 13.1 Å². The quantitative estimate of drug-likeness (QED) is 0.908. The van der Waals surface area contributed by atoms with E-state index in [9.17, 15) is 9.59 Å². The summed E-state index contributed by atoms with van der Waals surface area (Å²) in [5, 5.41) is 2.86. The van der Waals surface area contributed by atoms with Crippen LogP contribution in [0.15, 0.2) is 24.3 Å². The first-order valence-corrected chi connectivity index (χ1v) is 7.80. The molecular formula is C18H28N2O2. The number of nitrogens with zero attached hydrogens (tertiary/aromatic N) is 1. The van der Waals surface area contributed by atoms with Crippen LogP contribution >= 0.6 is 0 Å². The number of carbonyl (C=O) groups excluding carboxylic acids is 2. The number of rotatable bonds is 5. The summed E-state index contributed by atoms with van der Waals surface area (Å²) in [5.41, 5.74) is 1.99. The van der Waals surface area contributed by atoms with Gasteiger partial charge in [0, 0.05) is 31.6 Å². The molecular weight excluding hydrogens is 276 g/mol. The van der Waals surface area contributed by atoms with Crippen molar-refractivity contribution in [1.29, 1.82) is 0 Å². The molecule has 0 radical (unpaired) electrons. The minimum atomic E-state index is -0.0501. The van der Waals surface area contributed by atoms with E-state index in [-0.39, 0.29) is 23.1 Å². The van der Waals surface area contributed by atoms with Crippen LogP contribution in [0.4, 0.5) is 5.69 Å². The number of anilines is 1. The first-order valence-electron chi connectivity index (χ1n) is 7.80. The van der Waals surface area contributed by atoms with Gasteiger partial charge in [0.15, 0.2) is 0 Å². The van der Waals surface area contributed by atoms with Crippen molar-refractivity contribution in [2.24, 2.45) is 5.92 Å². The van der Waals surface area contributed by atoms with Crippen LogP contribution in [-0.4, -0.2) is 24.9 Å². The third kappa shape index (κ3) is 4.86. The number of amides is 2. The third-order valence-electron chi connectivity index (χ3n) is 3.54. The summed E-state index contributed by atoms with van der Waals surface area (Å²) >= 11 is 0. The van der Waals surface area contributed by atoms with Crippen molar-refractivity contribution in [2.75, 3.05) is 18.0 Å². The van der Waals surface area contributed by atoms with Gasteiger partial charge >= 0.3 is 0 Å². The zero-order chi connectivity index (χ0) is 16.9. The van der Waals surface area contributed by atoms with Gasteiger partial charge in [-0.1, -0.05) is 52.8 Å². The van der Waals surface area contributed by atoms with Crippen LogP contribution in [0.3, 0.4) is 0 Å². The van der Waals surface area contributed by atoms with Gasteiger partial charge < -0.3 is 10.2 Å². The summed E-state index contributed by atoms with van der Waals surface area (Å²) in [6.07, 6.45) is 0. The molecule has 0 atom stereocenters. The fourth-order valence-corrected chi connectivity index (χ4v) is 2.29. The molecule has 1 aromatic rings. The monoisotopic (exact) mass is 304 g/mol. The van der Waals surface area contributed by atoms with E-state index in [2.05, 4.69) is 32.2 Å². The Labute approximate surface area is 133 Å². The van der Waals surface area contributed by atoms with Crippen molar-refractivity contribution in [1.82, 2.24) is 5.32 Å². The Hall–Kier alpha value is -1.84. The molecule has 0 spiro atoms. The maximum absolute atomic E-state index is 12.0. The molecule has 1 N–H and O–H groups in total. The van der Waals surface area contributed by atoms with Crippen molar-refractivity contribution < 1.29 is 9.59 Å². The van der Waals surface area contributed by atoms with Crippen molar-refractivity contribution in [2.45, 2.75) is 47.0 Å². The van der Waals surface area contributed by atoms with Gasteiger partial charge in [-0.3, -0.25) is 9.59 Å². The molecule has 4 nitrogen and oxygen atoms in total. The Balaban J connectivity index is 2.94. The number of para-hydroxylation sites is 1. The highest BCUT2D eigenvalue weighted by Gasteiger charge is 2.22. The van der Waals surface area contributed by atoms with Gasteiger partial charge in [0.2, 0.25) is 11.8 Å². The van der Waals surface area contributed by atoms with E-state index in [1.165, 1.54) is 0 Å². The highest BCUT2D eigenvalue weighted by Crippen LogP contribution is 2.31. The van der Waals surface area contributed by atoms with Gasteiger partial charge in [-0.05, 0) is 17.0 Å². The number of hydrogen-bond acceptors (Lipinski definition) is 2. The summed E-state index contributed by atoms with van der Waals surface area (Å²) < 4.78 is 0. The van der Waals surface area contributed by atoms with Crippen LogP contribution in [0.1, 0.15) is 47.1 Å². The summed E-state index contributed by atoms with van der Waals surface area (Å²) in [6, 6.07) is 7.94. The van der Waals surface area contributed by atoms with Crippen LogP contribution in [0.2, 0.25) is 0 Å². The molecule has 0 heterocycles. The van der Waals surface area contributed by atoms with Crippen LogP contribution in [-0.2, 0) is 15.0 Å². The lowest BCUT2D eigenvalue weighted by molar-refractivity contribution is -0.124. The lowest BCUT2D eigenvalue weighted by Crippen LogP contribution is -2.39. The molecule has 4 heteroatoms. The number of nitrogens with one attached hydrogen (secondary N) is 1. The molecule has 0 aliphatic carbocycles. The average Bonchev–Trinajstić information content (AvgIpc) is 2.41. The van der Waals surface area contributed by atoms with Gasteiger partial charge in [-0.25, -0.2) is 0 Å². The minimum Gasteiger partial charge on any atom is -0.354 e. The Morgan fingerprint density at radius 2 is 1.77 bits per heavy atom. The standard InChI is InChI=1S/C18H28N2O2/c1-13(2)17(22)19-11-12-20(14(3)21)16-10-8-7-9-15(16)18(4,5)6/h7-10,13H,11-12H2,1-6H3,(H,19,22). The second-order valence-corrected chi connectivity index (χ2v) is 6.88. The number of carbonyl (C=O) groups is 2. The van der Waals surface area contributed by atoms with Gasteiger partial charge in [-0.15, -0.1) is 0 Å². The predicted octanol–water partition coefficient (Wildman–Crippen LogP) is 3.11. The topological polar surface area (TPSA) is 49.4 Å². The molecule has 0 unspecified atom stereocenters. The smallest absolute Gasteiger partial charge is 0.223 e. The molecule has 122 valence electrons. The van der Waals surface area contributed by atoms with Gasteiger partial charge in [0.1, 0.15) is 0 Å². The summed E-state index contributed by atoms with van der Waals surface area (Å²) in [6.45, 7) is 12.6. The highest BCUT2D eigenvalue weighted by molar-refractivity contribution is 5.92. The molecule has 0 aliphatic heterocycles. The van der Waals surface area contributed by atoms with Gasteiger partial charge in [-0.2, -0.15) is 0 Å². The predicted molar refractivity (Wildman–Crippen MR) is 91.0 cm³/mol. The van der Waals surface area contributed by atoms with Crippen LogP contribution < -0.4 is 10.2 Å². The molecule has 0 bridgehead atoms. The van der Waals surface area contributed by atoms with Gasteiger partial charge in [0.05, 0.1) is 0 Å². The van der Waals surface area contributed by atoms with E-state index in [0.717, 1.165) is 11.3 Å². The average molecular weight is 304 g/mol. The molecule has 0 fully saturated rings. The fourth-order valence-electron chi connectivity index (χ4n) is 2.29. The van der Waals surface area contributed by atoms with Crippen molar-refractivity contribution in [3.05, 3.63) is 29.8 Å². The maximum atomic E-state index is 12.0. The zero-order valence-electron chi connectivity index (χ0n) is 14.6. The number of hydrogen-bond donors (Lipinski definition) is 1. The van der Waals surface area contributed by atoms with Crippen molar-refractivity contribution >= 4 is 17.5 Å². The Morgan fingerprint density at radius 1 is 1.18 bits per heavy atom. The largest absolute Gasteiger partial charge is 0.354 e. The van der Waals surface area contributed by atoms with E-state index >= 15 is 0 Å². The Bertz CT molecular complexity index is 530. The molecule has 22 heavy (non-hydrogen) atoms. The summed E-state index contributed by atoms with van der Waals surface area (Å²) in [5.74, 6) is -0.0595. The van der Waals surface area contributed by atoms with E-state index in [4.69, 9.17) is 0 Å². The second kappa shape index (κ2) is 7.43. The van der Waals surface area contributed by atoms with Crippen LogP contribution in [0.5, 0.6) is 0 Å². The molecule has 1 aromatic carbocycles. The normalized spacial score (nSPS) is 11.4. The minimum absolute atomic E-state index is 0.00704. The second-order valence-electron chi connectivity index (χ2n) is 6.88. The first-order chi connectivity index (χ1) is 10.1. The highest BCUT2D eigenvalue weighted by atomic mass is 16.2. The summed E-state index contributed by atoms with van der Waals surface area (Å²) in [7, 11) is 0. The Morgan fingerprint density at radius 3 is 2.27 bits per heavy atom. The Kier molecular flexibility index (Phi) is 6.15. The van der Waals surface area contributed by atoms with E-state index in [1.807, 2.05) is 32.0 Å². The third-order valence-corrected chi connectivity index (χ3v) is 3.54. The summed E-state index contributed by atoms with van der Waals surface area (Å²) in [4.78, 5) is 25.4. The van der Waals surface area contributed by atoms with Gasteiger partial charge in [0.25, 0.3) is 0 Å². The molecule has 0 saturated carbocycles. The molecule has 0 saturated heterocycles. The first kappa shape index (κ1) is 18.2. The van der Waals surface area contributed by atoms with E-state index in [1.54, 1.807) is 11.8 Å². The molecule has 1 rings (SSSR count).